The molecule has 0 atom stereocenters. The van der Waals surface area contributed by atoms with E-state index >= 15 is 0 Å². The van der Waals surface area contributed by atoms with Crippen molar-refractivity contribution in [2.24, 2.45) is 0 Å². The number of hydrogen-bond donors (Lipinski definition) is 1. The standard InChI is InChI=1S/C26H39N3O3/c1-3-32-24-13-9-8-10-21(24)14-15-25(30)27-20-26(31)29-18-16-23(17-19-29)28(2)22-11-6-4-5-7-12-22/h8-10,13-15,22-23H,3-7,11-12,16-20H2,1-2H3,(H,27,30). The maximum Gasteiger partial charge on any atom is 0.244 e. The van der Waals surface area contributed by atoms with Crippen LogP contribution in [0.25, 0.3) is 6.08 Å². The summed E-state index contributed by atoms with van der Waals surface area (Å²) < 4.78 is 5.57. The fraction of sp³-hybridized carbons (Fsp3) is 0.615. The first-order valence-corrected chi connectivity index (χ1v) is 12.3. The predicted octanol–water partition coefficient (Wildman–Crippen LogP) is 3.86. The third kappa shape index (κ3) is 7.09. The molecule has 1 aliphatic carbocycles. The smallest absolute Gasteiger partial charge is 0.244 e. The maximum absolute atomic E-state index is 12.6. The van der Waals surface area contributed by atoms with Crippen LogP contribution in [0.3, 0.4) is 0 Å². The van der Waals surface area contributed by atoms with Crippen molar-refractivity contribution in [2.45, 2.75) is 70.4 Å². The van der Waals surface area contributed by atoms with Crippen LogP contribution < -0.4 is 10.1 Å². The molecule has 0 aromatic heterocycles. The number of likely N-dealkylation sites (tertiary alicyclic amines) is 1. The van der Waals surface area contributed by atoms with Gasteiger partial charge in [-0.3, -0.25) is 9.59 Å². The fourth-order valence-electron chi connectivity index (χ4n) is 4.89. The minimum atomic E-state index is -0.271. The number of amides is 2. The van der Waals surface area contributed by atoms with E-state index in [1.807, 2.05) is 36.1 Å². The summed E-state index contributed by atoms with van der Waals surface area (Å²) in [6.07, 6.45) is 13.3. The van der Waals surface area contributed by atoms with Gasteiger partial charge < -0.3 is 19.9 Å². The van der Waals surface area contributed by atoms with Gasteiger partial charge in [0, 0.05) is 36.8 Å². The SMILES string of the molecule is CCOc1ccccc1C=CC(=O)NCC(=O)N1CCC(N(C)C2CCCCCC2)CC1. The molecule has 1 aromatic rings. The monoisotopic (exact) mass is 441 g/mol. The van der Waals surface area contributed by atoms with Crippen LogP contribution in [0.2, 0.25) is 0 Å². The molecular formula is C26H39N3O3. The highest BCUT2D eigenvalue weighted by Crippen LogP contribution is 2.26. The molecule has 0 spiro atoms. The highest BCUT2D eigenvalue weighted by molar-refractivity contribution is 5.94. The van der Waals surface area contributed by atoms with Crippen LogP contribution in [0.1, 0.15) is 63.9 Å². The second-order valence-electron chi connectivity index (χ2n) is 8.94. The van der Waals surface area contributed by atoms with Gasteiger partial charge in [0.1, 0.15) is 5.75 Å². The van der Waals surface area contributed by atoms with Crippen LogP contribution >= 0.6 is 0 Å². The predicted molar refractivity (Wildman–Crippen MR) is 129 cm³/mol. The number of nitrogens with one attached hydrogen (secondary N) is 1. The molecule has 1 heterocycles. The highest BCUT2D eigenvalue weighted by Gasteiger charge is 2.28. The van der Waals surface area contributed by atoms with Crippen molar-refractivity contribution in [2.75, 3.05) is 33.3 Å². The summed E-state index contributed by atoms with van der Waals surface area (Å²) in [4.78, 5) is 29.3. The largest absolute Gasteiger partial charge is 0.493 e. The maximum atomic E-state index is 12.6. The first-order chi connectivity index (χ1) is 15.6. The molecule has 2 fully saturated rings. The molecule has 3 rings (SSSR count). The quantitative estimate of drug-likeness (QED) is 0.492. The number of hydrogen-bond acceptors (Lipinski definition) is 4. The molecule has 176 valence electrons. The molecule has 2 aliphatic rings. The zero-order chi connectivity index (χ0) is 22.8. The second kappa shape index (κ2) is 12.6. The summed E-state index contributed by atoms with van der Waals surface area (Å²) in [6, 6.07) is 8.84. The number of benzene rings is 1. The lowest BCUT2D eigenvalue weighted by Gasteiger charge is -2.40. The molecule has 1 saturated carbocycles. The summed E-state index contributed by atoms with van der Waals surface area (Å²) in [5.74, 6) is 0.469. The van der Waals surface area contributed by atoms with Gasteiger partial charge >= 0.3 is 0 Å². The van der Waals surface area contributed by atoms with E-state index in [2.05, 4.69) is 17.3 Å². The third-order valence-corrected chi connectivity index (χ3v) is 6.84. The molecule has 1 saturated heterocycles. The number of ether oxygens (including phenoxy) is 1. The van der Waals surface area contributed by atoms with Crippen LogP contribution in [0.15, 0.2) is 30.3 Å². The zero-order valence-electron chi connectivity index (χ0n) is 19.7. The Labute approximate surface area is 193 Å². The van der Waals surface area contributed by atoms with Gasteiger partial charge in [-0.15, -0.1) is 0 Å². The molecule has 1 N–H and O–H groups in total. The van der Waals surface area contributed by atoms with Crippen LogP contribution in [-0.2, 0) is 9.59 Å². The number of rotatable bonds is 8. The molecule has 6 heteroatoms. The van der Waals surface area contributed by atoms with Crippen LogP contribution in [0, 0.1) is 0 Å². The van der Waals surface area contributed by atoms with Crippen molar-refractivity contribution in [3.63, 3.8) is 0 Å². The van der Waals surface area contributed by atoms with Crippen molar-refractivity contribution in [3.05, 3.63) is 35.9 Å². The Morgan fingerprint density at radius 3 is 2.41 bits per heavy atom. The normalized spacial score (nSPS) is 18.7. The molecule has 0 radical (unpaired) electrons. The summed E-state index contributed by atoms with van der Waals surface area (Å²) in [6.45, 7) is 4.08. The van der Waals surface area contributed by atoms with E-state index in [1.54, 1.807) is 6.08 Å². The van der Waals surface area contributed by atoms with Crippen molar-refractivity contribution in [1.29, 1.82) is 0 Å². The molecular weight excluding hydrogens is 402 g/mol. The molecule has 2 amide bonds. The van der Waals surface area contributed by atoms with Crippen LogP contribution in [-0.4, -0.2) is 67.0 Å². The minimum absolute atomic E-state index is 0.00274. The molecule has 1 aliphatic heterocycles. The molecule has 6 nitrogen and oxygen atoms in total. The van der Waals surface area contributed by atoms with Crippen molar-refractivity contribution in [1.82, 2.24) is 15.1 Å². The Kier molecular flexibility index (Phi) is 9.60. The lowest BCUT2D eigenvalue weighted by molar-refractivity contribution is -0.133. The topological polar surface area (TPSA) is 61.9 Å². The summed E-state index contributed by atoms with van der Waals surface area (Å²) in [5, 5.41) is 2.73. The number of nitrogens with zero attached hydrogens (tertiary/aromatic N) is 2. The van der Waals surface area contributed by atoms with E-state index in [0.717, 1.165) is 37.2 Å². The summed E-state index contributed by atoms with van der Waals surface area (Å²) in [5.41, 5.74) is 0.843. The van der Waals surface area contributed by atoms with Crippen molar-refractivity contribution < 1.29 is 14.3 Å². The van der Waals surface area contributed by atoms with Gasteiger partial charge in [-0.2, -0.15) is 0 Å². The highest BCUT2D eigenvalue weighted by atomic mass is 16.5. The third-order valence-electron chi connectivity index (χ3n) is 6.84. The van der Waals surface area contributed by atoms with E-state index < -0.39 is 0 Å². The Morgan fingerprint density at radius 1 is 1.06 bits per heavy atom. The van der Waals surface area contributed by atoms with E-state index in [9.17, 15) is 9.59 Å². The first-order valence-electron chi connectivity index (χ1n) is 12.3. The molecule has 0 unspecified atom stereocenters. The van der Waals surface area contributed by atoms with Gasteiger partial charge in [0.05, 0.1) is 13.2 Å². The Bertz CT molecular complexity index is 763. The second-order valence-corrected chi connectivity index (χ2v) is 8.94. The number of piperidine rings is 1. The van der Waals surface area contributed by atoms with Crippen LogP contribution in [0.5, 0.6) is 5.75 Å². The van der Waals surface area contributed by atoms with Gasteiger partial charge in [0.15, 0.2) is 0 Å². The fourth-order valence-corrected chi connectivity index (χ4v) is 4.89. The summed E-state index contributed by atoms with van der Waals surface area (Å²) >= 11 is 0. The lowest BCUT2D eigenvalue weighted by atomic mass is 9.99. The van der Waals surface area contributed by atoms with Gasteiger partial charge in [0.25, 0.3) is 0 Å². The van der Waals surface area contributed by atoms with Gasteiger partial charge in [-0.25, -0.2) is 0 Å². The van der Waals surface area contributed by atoms with E-state index in [-0.39, 0.29) is 18.4 Å². The molecule has 32 heavy (non-hydrogen) atoms. The van der Waals surface area contributed by atoms with Crippen molar-refractivity contribution in [3.8, 4) is 5.75 Å². The number of carbonyl (C=O) groups is 2. The Balaban J connectivity index is 1.40. The van der Waals surface area contributed by atoms with Gasteiger partial charge in [-0.1, -0.05) is 43.9 Å². The number of carbonyl (C=O) groups excluding carboxylic acids is 2. The lowest BCUT2D eigenvalue weighted by Crippen LogP contribution is -2.50. The Hall–Kier alpha value is -2.34. The molecule has 0 bridgehead atoms. The van der Waals surface area contributed by atoms with E-state index in [4.69, 9.17) is 4.74 Å². The average molecular weight is 442 g/mol. The zero-order valence-corrected chi connectivity index (χ0v) is 19.7. The van der Waals surface area contributed by atoms with Gasteiger partial charge in [-0.05, 0) is 51.8 Å². The summed E-state index contributed by atoms with van der Waals surface area (Å²) in [7, 11) is 2.27. The minimum Gasteiger partial charge on any atom is -0.493 e. The molecule has 1 aromatic carbocycles. The number of para-hydroxylation sites is 1. The van der Waals surface area contributed by atoms with E-state index in [0.29, 0.717) is 18.7 Å². The Morgan fingerprint density at radius 2 is 1.72 bits per heavy atom. The average Bonchev–Trinajstić information content (AvgIpc) is 3.11. The first kappa shape index (κ1) is 24.3. The van der Waals surface area contributed by atoms with E-state index in [1.165, 1.54) is 44.6 Å². The van der Waals surface area contributed by atoms with Crippen molar-refractivity contribution >= 4 is 17.9 Å². The van der Waals surface area contributed by atoms with Crippen LogP contribution in [0.4, 0.5) is 0 Å². The van der Waals surface area contributed by atoms with Gasteiger partial charge in [0.2, 0.25) is 11.8 Å².